The summed E-state index contributed by atoms with van der Waals surface area (Å²) in [5, 5.41) is 1.95. The summed E-state index contributed by atoms with van der Waals surface area (Å²) in [4.78, 5) is 22.8. The van der Waals surface area contributed by atoms with Crippen LogP contribution in [-0.4, -0.2) is 34.2 Å². The second kappa shape index (κ2) is 14.3. The normalized spacial score (nSPS) is 15.0. The van der Waals surface area contributed by atoms with Crippen molar-refractivity contribution in [3.05, 3.63) is 53.7 Å². The number of hydrogen-bond acceptors (Lipinski definition) is 6. The number of rotatable bonds is 5. The average Bonchev–Trinajstić information content (AvgIpc) is 2.54. The van der Waals surface area contributed by atoms with E-state index in [1.165, 1.54) is 14.2 Å². The summed E-state index contributed by atoms with van der Waals surface area (Å²) in [6, 6.07) is 0. The summed E-state index contributed by atoms with van der Waals surface area (Å²) in [5.74, 6) is -1.31. The summed E-state index contributed by atoms with van der Waals surface area (Å²) in [6.45, 7) is 6.32. The van der Waals surface area contributed by atoms with E-state index in [2.05, 4.69) is 29.1 Å². The topological polar surface area (TPSA) is 52.6 Å². The summed E-state index contributed by atoms with van der Waals surface area (Å²) in [6.07, 6.45) is 12.0. The van der Waals surface area contributed by atoms with Gasteiger partial charge in [-0.05, 0) is 38.5 Å². The van der Waals surface area contributed by atoms with Gasteiger partial charge in [-0.2, -0.15) is 0 Å². The molecule has 24 heavy (non-hydrogen) atoms. The van der Waals surface area contributed by atoms with Crippen LogP contribution in [0.25, 0.3) is 0 Å². The van der Waals surface area contributed by atoms with E-state index < -0.39 is 20.0 Å². The van der Waals surface area contributed by atoms with Crippen molar-refractivity contribution in [2.45, 2.75) is 19.6 Å². The number of thioether (sulfide) groups is 1. The number of hydrogen-bond donors (Lipinski definition) is 0. The first-order valence-electron chi connectivity index (χ1n) is 6.82. The van der Waals surface area contributed by atoms with Crippen LogP contribution in [0.3, 0.4) is 0 Å². The van der Waals surface area contributed by atoms with Crippen LogP contribution in [0.2, 0.25) is 19.6 Å². The molecule has 0 bridgehead atoms. The van der Waals surface area contributed by atoms with Crippen molar-refractivity contribution in [3.63, 3.8) is 0 Å². The van der Waals surface area contributed by atoms with Crippen LogP contribution >= 0.6 is 11.8 Å². The van der Waals surface area contributed by atoms with Gasteiger partial charge in [-0.1, -0.05) is 32.6 Å². The maximum absolute atomic E-state index is 11.5. The van der Waals surface area contributed by atoms with Gasteiger partial charge in [-0.3, -0.25) is 5.38 Å². The monoisotopic (exact) mass is 472 g/mol. The Kier molecular flexibility index (Phi) is 15.7. The first-order valence-corrected chi connectivity index (χ1v) is 11.7. The van der Waals surface area contributed by atoms with Gasteiger partial charge in [0.05, 0.1) is 14.2 Å². The fourth-order valence-electron chi connectivity index (χ4n) is 1.09. The van der Waals surface area contributed by atoms with Gasteiger partial charge >= 0.3 is 31.4 Å². The zero-order valence-electron chi connectivity index (χ0n) is 14.3. The Morgan fingerprint density at radius 2 is 1.29 bits per heavy atom. The zero-order valence-corrected chi connectivity index (χ0v) is 18.7. The van der Waals surface area contributed by atoms with Crippen molar-refractivity contribution in [2.24, 2.45) is 0 Å². The van der Waals surface area contributed by atoms with Crippen LogP contribution in [0.5, 0.6) is 0 Å². The van der Waals surface area contributed by atoms with Crippen LogP contribution in [0.1, 0.15) is 0 Å². The van der Waals surface area contributed by atoms with Gasteiger partial charge in [0.2, 0.25) is 0 Å². The van der Waals surface area contributed by atoms with E-state index in [0.717, 1.165) is 11.8 Å². The van der Waals surface area contributed by atoms with E-state index in [1.807, 2.05) is 43.9 Å². The predicted octanol–water partition coefficient (Wildman–Crippen LogP) is 3.09. The maximum atomic E-state index is 11.5. The molecule has 0 aromatic carbocycles. The Hall–Kier alpha value is 0.0903. The van der Waals surface area contributed by atoms with E-state index in [4.69, 9.17) is 12.6 Å². The molecule has 0 atom stereocenters. The maximum Gasteiger partial charge on any atom is 2.00 e. The molecule has 6 radical (unpaired) electrons. The number of methoxy groups -OCH3 is 2. The van der Waals surface area contributed by atoms with E-state index in [1.54, 1.807) is 0 Å². The van der Waals surface area contributed by atoms with E-state index in [9.17, 15) is 9.59 Å². The number of carbonyl (C=O) groups is 2. The molecule has 0 heterocycles. The first kappa shape index (κ1) is 26.3. The molecule has 0 aliphatic heterocycles. The Balaban J connectivity index is 0. The molecule has 1 aliphatic carbocycles. The van der Waals surface area contributed by atoms with Crippen molar-refractivity contribution in [3.8, 4) is 0 Å². The van der Waals surface area contributed by atoms with Crippen molar-refractivity contribution in [2.75, 3.05) is 14.2 Å². The number of carbonyl (C=O) groups excluding carboxylic acids is 2. The Morgan fingerprint density at radius 1 is 0.917 bits per heavy atom. The zero-order chi connectivity index (χ0) is 17.9. The van der Waals surface area contributed by atoms with Crippen molar-refractivity contribution < 1.29 is 38.5 Å². The Labute approximate surface area is 170 Å². The molecule has 134 valence electrons. The van der Waals surface area contributed by atoms with Crippen LogP contribution in [-0.2, 0) is 51.2 Å². The van der Waals surface area contributed by atoms with E-state index in [-0.39, 0.29) is 29.3 Å². The molecule has 1 aliphatic rings. The van der Waals surface area contributed by atoms with Gasteiger partial charge in [-0.15, -0.1) is 0 Å². The summed E-state index contributed by atoms with van der Waals surface area (Å²) in [5.41, 5.74) is 0. The minimum absolute atomic E-state index is 0. The third-order valence-corrected chi connectivity index (χ3v) is 6.55. The molecular weight excluding hydrogens is 449 g/mol. The third kappa shape index (κ3) is 12.5. The van der Waals surface area contributed by atoms with Gasteiger partial charge < -0.3 is 33.9 Å². The number of ether oxygens (including phenoxy) is 2. The van der Waals surface area contributed by atoms with Gasteiger partial charge in [0.15, 0.2) is 0 Å². The second-order valence-corrected chi connectivity index (χ2v) is 12.1. The van der Waals surface area contributed by atoms with Gasteiger partial charge in [0.25, 0.3) is 0 Å². The van der Waals surface area contributed by atoms with Gasteiger partial charge in [0, 0.05) is 4.91 Å². The second-order valence-electron chi connectivity index (χ2n) is 5.40. The molecule has 1 fully saturated rings. The van der Waals surface area contributed by atoms with Gasteiger partial charge in [-0.25, -0.2) is 9.59 Å². The van der Waals surface area contributed by atoms with Gasteiger partial charge in [0.1, 0.15) is 0 Å². The molecule has 0 aromatic rings. The standard InChI is InChI=1S/C10H17O4S2Si.C6H6.Ru/c1-13-9(11)7(15)8(10(12)14-2)16-6-17(3,4)5;1-2-4-6-5-3-1;/h6,15H,1-5H3;1-6H;/q-1;;+2/p-1/b8-7-;;. The molecule has 0 saturated heterocycles. The first-order chi connectivity index (χ1) is 10.7. The van der Waals surface area contributed by atoms with Crippen molar-refractivity contribution in [1.29, 1.82) is 0 Å². The molecule has 0 amide bonds. The smallest absolute Gasteiger partial charge is 0.772 e. The molecule has 0 spiro atoms. The van der Waals surface area contributed by atoms with E-state index in [0.29, 0.717) is 0 Å². The summed E-state index contributed by atoms with van der Waals surface area (Å²) >= 11 is 6.04. The molecule has 8 heteroatoms. The minimum Gasteiger partial charge on any atom is -0.772 e. The predicted molar refractivity (Wildman–Crippen MR) is 99.5 cm³/mol. The quantitative estimate of drug-likeness (QED) is 0.202. The minimum atomic E-state index is -1.47. The third-order valence-electron chi connectivity index (χ3n) is 2.14. The Morgan fingerprint density at radius 3 is 1.58 bits per heavy atom. The molecule has 0 N–H and O–H groups in total. The SMILES string of the molecule is COC(=O)/C([S-])=C(/S[CH-][Si](C)(C)C)C(=O)OC.[CH]1[CH][CH][CH][CH][CH]1.[Ru+2]. The van der Waals surface area contributed by atoms with Crippen LogP contribution in [0, 0.1) is 43.9 Å². The molecule has 0 aromatic heterocycles. The van der Waals surface area contributed by atoms with Crippen LogP contribution in [0.4, 0.5) is 0 Å². The summed E-state index contributed by atoms with van der Waals surface area (Å²) < 4.78 is 9.09. The van der Waals surface area contributed by atoms with Crippen molar-refractivity contribution in [1.82, 2.24) is 0 Å². The van der Waals surface area contributed by atoms with E-state index >= 15 is 0 Å². The number of esters is 2. The van der Waals surface area contributed by atoms with Crippen LogP contribution < -0.4 is 0 Å². The average molecular weight is 472 g/mol. The fourth-order valence-corrected chi connectivity index (χ4v) is 3.66. The largest absolute Gasteiger partial charge is 2.00 e. The molecule has 0 unspecified atom stereocenters. The van der Waals surface area contributed by atoms with Crippen LogP contribution in [0.15, 0.2) is 9.81 Å². The molecule has 4 nitrogen and oxygen atoms in total. The molecule has 1 rings (SSSR count). The summed E-state index contributed by atoms with van der Waals surface area (Å²) in [7, 11) is 0.994. The molecular formula is C16H22O4RuS2Si. The molecule has 1 saturated carbocycles. The Bertz CT molecular complexity index is 407. The fraction of sp³-hybridized carbons (Fsp3) is 0.312. The van der Waals surface area contributed by atoms with Crippen molar-refractivity contribution >= 4 is 44.4 Å².